The molecule has 4 aliphatic heterocycles. The van der Waals surface area contributed by atoms with Gasteiger partial charge in [0, 0.05) is 24.4 Å². The first-order valence-corrected chi connectivity index (χ1v) is 11.2. The van der Waals surface area contributed by atoms with E-state index in [0.29, 0.717) is 30.0 Å². The van der Waals surface area contributed by atoms with Gasteiger partial charge >= 0.3 is 0 Å². The minimum Gasteiger partial charge on any atom is -0.378 e. The van der Waals surface area contributed by atoms with Gasteiger partial charge in [-0.25, -0.2) is 0 Å². The monoisotopic (exact) mass is 400 g/mol. The summed E-state index contributed by atoms with van der Waals surface area (Å²) in [5.74, 6) is 2.14. The standard InChI is InChI=1S/2C11H20O3/c1-8-5-13-11(14-6-8)10-4-3-9(2)12-7-10;1-8-3-4-11(14-5-8)10-6-12-9(2)13-7-10/h2*8-11H,3-7H2,1-2H3. The molecule has 0 aromatic carbocycles. The largest absolute Gasteiger partial charge is 0.378 e. The Balaban J connectivity index is 0.000000161. The van der Waals surface area contributed by atoms with Gasteiger partial charge in [0.15, 0.2) is 12.6 Å². The molecule has 0 spiro atoms. The minimum atomic E-state index is -0.0336. The summed E-state index contributed by atoms with van der Waals surface area (Å²) in [5.41, 5.74) is 0. The topological polar surface area (TPSA) is 55.4 Å². The molecule has 4 unspecified atom stereocenters. The molecular formula is C22H40O6. The zero-order chi connectivity index (χ0) is 19.9. The van der Waals surface area contributed by atoms with Gasteiger partial charge < -0.3 is 28.4 Å². The summed E-state index contributed by atoms with van der Waals surface area (Å²) in [7, 11) is 0. The molecule has 0 amide bonds. The average Bonchev–Trinajstić information content (AvgIpc) is 2.71. The van der Waals surface area contributed by atoms with Crippen LogP contribution in [-0.4, -0.2) is 64.4 Å². The van der Waals surface area contributed by atoms with Gasteiger partial charge in [0.25, 0.3) is 0 Å². The molecule has 4 aliphatic rings. The average molecular weight is 401 g/mol. The van der Waals surface area contributed by atoms with Crippen LogP contribution in [0.1, 0.15) is 53.4 Å². The first kappa shape index (κ1) is 22.4. The molecule has 4 fully saturated rings. The van der Waals surface area contributed by atoms with E-state index in [1.807, 2.05) is 6.92 Å². The highest BCUT2D eigenvalue weighted by Crippen LogP contribution is 2.27. The fourth-order valence-electron chi connectivity index (χ4n) is 4.11. The fourth-order valence-corrected chi connectivity index (χ4v) is 4.11. The van der Waals surface area contributed by atoms with E-state index in [4.69, 9.17) is 28.4 Å². The van der Waals surface area contributed by atoms with E-state index < -0.39 is 0 Å². The van der Waals surface area contributed by atoms with Crippen molar-refractivity contribution in [3.8, 4) is 0 Å². The van der Waals surface area contributed by atoms with Gasteiger partial charge in [0.2, 0.25) is 0 Å². The Morgan fingerprint density at radius 3 is 1.71 bits per heavy atom. The third-order valence-electron chi connectivity index (χ3n) is 6.17. The summed E-state index contributed by atoms with van der Waals surface area (Å²) in [6, 6.07) is 0. The number of hydrogen-bond donors (Lipinski definition) is 0. The van der Waals surface area contributed by atoms with Crippen molar-refractivity contribution in [3.63, 3.8) is 0 Å². The molecule has 6 nitrogen and oxygen atoms in total. The van der Waals surface area contributed by atoms with E-state index in [9.17, 15) is 0 Å². The fraction of sp³-hybridized carbons (Fsp3) is 1.00. The zero-order valence-electron chi connectivity index (χ0n) is 18.1. The Morgan fingerprint density at radius 2 is 1.14 bits per heavy atom. The number of rotatable bonds is 2. The highest BCUT2D eigenvalue weighted by atomic mass is 16.7. The summed E-state index contributed by atoms with van der Waals surface area (Å²) >= 11 is 0. The first-order chi connectivity index (χ1) is 13.5. The Labute approximate surface area is 170 Å². The van der Waals surface area contributed by atoms with Gasteiger partial charge in [-0.15, -0.1) is 0 Å². The van der Waals surface area contributed by atoms with Gasteiger partial charge in [-0.1, -0.05) is 13.8 Å². The van der Waals surface area contributed by atoms with Gasteiger partial charge in [-0.2, -0.15) is 0 Å². The molecule has 0 bridgehead atoms. The van der Waals surface area contributed by atoms with Gasteiger partial charge in [-0.3, -0.25) is 0 Å². The summed E-state index contributed by atoms with van der Waals surface area (Å²) in [6.45, 7) is 13.4. The van der Waals surface area contributed by atoms with E-state index in [1.54, 1.807) is 0 Å². The van der Waals surface area contributed by atoms with Crippen LogP contribution < -0.4 is 0 Å². The van der Waals surface area contributed by atoms with Gasteiger partial charge in [-0.05, 0) is 45.4 Å². The van der Waals surface area contributed by atoms with E-state index >= 15 is 0 Å². The van der Waals surface area contributed by atoms with Crippen molar-refractivity contribution in [1.29, 1.82) is 0 Å². The Morgan fingerprint density at radius 1 is 0.500 bits per heavy atom. The molecule has 0 N–H and O–H groups in total. The van der Waals surface area contributed by atoms with Crippen LogP contribution in [0.4, 0.5) is 0 Å². The van der Waals surface area contributed by atoms with Crippen molar-refractivity contribution in [2.45, 2.75) is 78.2 Å². The zero-order valence-corrected chi connectivity index (χ0v) is 18.1. The summed E-state index contributed by atoms with van der Waals surface area (Å²) < 4.78 is 33.7. The molecule has 0 aromatic heterocycles. The molecule has 6 heteroatoms. The first-order valence-electron chi connectivity index (χ1n) is 11.2. The normalized spacial score (nSPS) is 45.0. The third kappa shape index (κ3) is 6.92. The van der Waals surface area contributed by atoms with Crippen LogP contribution >= 0.6 is 0 Å². The third-order valence-corrected chi connectivity index (χ3v) is 6.17. The molecular weight excluding hydrogens is 360 g/mol. The second-order valence-electron chi connectivity index (χ2n) is 9.17. The van der Waals surface area contributed by atoms with Crippen LogP contribution in [0.5, 0.6) is 0 Å². The second-order valence-corrected chi connectivity index (χ2v) is 9.17. The second kappa shape index (κ2) is 11.2. The van der Waals surface area contributed by atoms with Crippen LogP contribution in [-0.2, 0) is 28.4 Å². The van der Waals surface area contributed by atoms with Crippen molar-refractivity contribution in [2.75, 3.05) is 39.6 Å². The molecule has 28 heavy (non-hydrogen) atoms. The summed E-state index contributed by atoms with van der Waals surface area (Å²) in [6.07, 6.45) is 5.45. The lowest BCUT2D eigenvalue weighted by molar-refractivity contribution is -0.238. The Hall–Kier alpha value is -0.240. The Bertz CT molecular complexity index is 335. The van der Waals surface area contributed by atoms with Gasteiger partial charge in [0.1, 0.15) is 0 Å². The molecule has 4 saturated heterocycles. The lowest BCUT2D eigenvalue weighted by Crippen LogP contribution is -2.41. The highest BCUT2D eigenvalue weighted by molar-refractivity contribution is 4.77. The lowest BCUT2D eigenvalue weighted by atomic mass is 9.92. The van der Waals surface area contributed by atoms with Crippen molar-refractivity contribution >= 4 is 0 Å². The van der Waals surface area contributed by atoms with Crippen LogP contribution in [0.15, 0.2) is 0 Å². The summed E-state index contributed by atoms with van der Waals surface area (Å²) in [4.78, 5) is 0. The maximum atomic E-state index is 5.80. The minimum absolute atomic E-state index is 0.0151. The molecule has 4 heterocycles. The van der Waals surface area contributed by atoms with Crippen LogP contribution in [0.25, 0.3) is 0 Å². The SMILES string of the molecule is CC1CCC(C2COC(C)OC2)OC1.CC1COC(C2CCC(C)OC2)OC1. The molecule has 0 saturated carbocycles. The number of hydrogen-bond acceptors (Lipinski definition) is 6. The van der Waals surface area contributed by atoms with Gasteiger partial charge in [0.05, 0.1) is 45.2 Å². The lowest BCUT2D eigenvalue weighted by Gasteiger charge is -2.36. The molecule has 4 atom stereocenters. The predicted octanol–water partition coefficient (Wildman–Crippen LogP) is 3.62. The molecule has 0 aromatic rings. The van der Waals surface area contributed by atoms with Crippen molar-refractivity contribution < 1.29 is 28.4 Å². The maximum Gasteiger partial charge on any atom is 0.162 e. The maximum absolute atomic E-state index is 5.80. The Kier molecular flexibility index (Phi) is 9.00. The smallest absolute Gasteiger partial charge is 0.162 e. The van der Waals surface area contributed by atoms with Crippen molar-refractivity contribution in [1.82, 2.24) is 0 Å². The van der Waals surface area contributed by atoms with Crippen molar-refractivity contribution in [3.05, 3.63) is 0 Å². The molecule has 164 valence electrons. The van der Waals surface area contributed by atoms with E-state index in [2.05, 4.69) is 20.8 Å². The van der Waals surface area contributed by atoms with E-state index in [-0.39, 0.29) is 12.6 Å². The van der Waals surface area contributed by atoms with Crippen LogP contribution in [0, 0.1) is 23.7 Å². The van der Waals surface area contributed by atoms with E-state index in [0.717, 1.165) is 58.4 Å². The quantitative estimate of drug-likeness (QED) is 0.706. The molecule has 4 rings (SSSR count). The van der Waals surface area contributed by atoms with Crippen molar-refractivity contribution in [2.24, 2.45) is 23.7 Å². The molecule has 0 radical (unpaired) electrons. The highest BCUT2D eigenvalue weighted by Gasteiger charge is 2.31. The van der Waals surface area contributed by atoms with Crippen LogP contribution in [0.2, 0.25) is 0 Å². The number of ether oxygens (including phenoxy) is 6. The summed E-state index contributed by atoms with van der Waals surface area (Å²) in [5, 5.41) is 0. The van der Waals surface area contributed by atoms with Crippen LogP contribution in [0.3, 0.4) is 0 Å². The van der Waals surface area contributed by atoms with E-state index in [1.165, 1.54) is 12.8 Å². The molecule has 0 aliphatic carbocycles. The predicted molar refractivity (Wildman–Crippen MR) is 106 cm³/mol.